The first-order chi connectivity index (χ1) is 16.7. The number of hydrogen-bond acceptors (Lipinski definition) is 6. The van der Waals surface area contributed by atoms with Crippen molar-refractivity contribution >= 4 is 73.8 Å². The molecule has 1 fully saturated rings. The molecule has 178 valence electrons. The topological polar surface area (TPSA) is 89.7 Å². The quantitative estimate of drug-likeness (QED) is 0.160. The molecule has 1 saturated heterocycles. The molecule has 0 radical (unpaired) electrons. The van der Waals surface area contributed by atoms with Crippen molar-refractivity contribution in [2.45, 2.75) is 13.2 Å². The Morgan fingerprint density at radius 2 is 1.83 bits per heavy atom. The van der Waals surface area contributed by atoms with Crippen LogP contribution in [0.1, 0.15) is 16.7 Å². The highest BCUT2D eigenvalue weighted by atomic mass is 79.9. The number of imide groups is 1. The summed E-state index contributed by atoms with van der Waals surface area (Å²) in [6.45, 7) is 0.149. The van der Waals surface area contributed by atoms with Crippen LogP contribution in [0.5, 0.6) is 5.75 Å². The number of halogens is 3. The number of carbonyl (C=O) groups excluding carboxylic acids is 2. The molecule has 4 rings (SSSR count). The van der Waals surface area contributed by atoms with Crippen molar-refractivity contribution in [3.8, 4) is 5.75 Å². The fraction of sp³-hybridized carbons (Fsp3) is 0.0833. The number of thioether (sulfide) groups is 1. The fourth-order valence-electron chi connectivity index (χ4n) is 3.28. The van der Waals surface area contributed by atoms with E-state index < -0.39 is 16.1 Å². The maximum absolute atomic E-state index is 13.0. The number of amides is 2. The zero-order chi connectivity index (χ0) is 25.1. The fourth-order valence-corrected chi connectivity index (χ4v) is 4.81. The zero-order valence-corrected chi connectivity index (χ0v) is 21.7. The van der Waals surface area contributed by atoms with Gasteiger partial charge in [0, 0.05) is 22.2 Å². The van der Waals surface area contributed by atoms with Gasteiger partial charge in [0.1, 0.15) is 12.4 Å². The SMILES string of the molecule is O=C1S/C(=C\c2cc(Br)ccc2OCc2cccc([N+](=O)[O-])c2)C(=O)N1Cc1ccc(Cl)c(Cl)c1. The number of rotatable bonds is 7. The molecule has 11 heteroatoms. The highest BCUT2D eigenvalue weighted by molar-refractivity contribution is 9.10. The van der Waals surface area contributed by atoms with Gasteiger partial charge in [-0.2, -0.15) is 0 Å². The highest BCUT2D eigenvalue weighted by Gasteiger charge is 2.35. The summed E-state index contributed by atoms with van der Waals surface area (Å²) in [5, 5.41) is 11.3. The molecule has 1 aliphatic rings. The Morgan fingerprint density at radius 3 is 2.57 bits per heavy atom. The number of nitrogens with zero attached hydrogens (tertiary/aromatic N) is 2. The number of benzene rings is 3. The molecule has 1 heterocycles. The van der Waals surface area contributed by atoms with Crippen LogP contribution in [0.3, 0.4) is 0 Å². The van der Waals surface area contributed by atoms with Crippen LogP contribution in [0.2, 0.25) is 10.0 Å². The number of hydrogen-bond donors (Lipinski definition) is 0. The van der Waals surface area contributed by atoms with Gasteiger partial charge in [0.2, 0.25) is 0 Å². The predicted molar refractivity (Wildman–Crippen MR) is 140 cm³/mol. The molecule has 0 aliphatic carbocycles. The lowest BCUT2D eigenvalue weighted by Gasteiger charge is -2.13. The van der Waals surface area contributed by atoms with E-state index in [4.69, 9.17) is 27.9 Å². The minimum absolute atomic E-state index is 0.0298. The first kappa shape index (κ1) is 25.2. The average molecular weight is 594 g/mol. The van der Waals surface area contributed by atoms with Crippen molar-refractivity contribution in [2.75, 3.05) is 0 Å². The third-order valence-corrected chi connectivity index (χ3v) is 7.11. The van der Waals surface area contributed by atoms with Crippen molar-refractivity contribution in [3.63, 3.8) is 0 Å². The van der Waals surface area contributed by atoms with E-state index in [1.165, 1.54) is 12.1 Å². The molecule has 2 amide bonds. The smallest absolute Gasteiger partial charge is 0.293 e. The second kappa shape index (κ2) is 10.8. The molecule has 0 aromatic heterocycles. The van der Waals surface area contributed by atoms with Gasteiger partial charge < -0.3 is 4.74 Å². The number of nitro benzene ring substituents is 1. The number of ether oxygens (including phenoxy) is 1. The lowest BCUT2D eigenvalue weighted by Crippen LogP contribution is -2.27. The standard InChI is InChI=1S/C24H15BrCl2N2O5S/c25-17-5-7-21(34-13-15-2-1-3-18(8-15)29(32)33)16(10-17)11-22-23(30)28(24(31)35-22)12-14-4-6-19(26)20(27)9-14/h1-11H,12-13H2/b22-11-. The third-order valence-electron chi connectivity index (χ3n) is 4.97. The van der Waals surface area contributed by atoms with Gasteiger partial charge >= 0.3 is 0 Å². The molecular formula is C24H15BrCl2N2O5S. The highest BCUT2D eigenvalue weighted by Crippen LogP contribution is 2.36. The summed E-state index contributed by atoms with van der Waals surface area (Å²) in [6, 6.07) is 16.3. The van der Waals surface area contributed by atoms with Crippen molar-refractivity contribution in [2.24, 2.45) is 0 Å². The minimum Gasteiger partial charge on any atom is -0.488 e. The van der Waals surface area contributed by atoms with Crippen LogP contribution in [0.15, 0.2) is 70.0 Å². The first-order valence-electron chi connectivity index (χ1n) is 10.1. The molecule has 0 bridgehead atoms. The molecule has 7 nitrogen and oxygen atoms in total. The second-order valence-electron chi connectivity index (χ2n) is 7.41. The summed E-state index contributed by atoms with van der Waals surface area (Å²) >= 11 is 16.2. The minimum atomic E-state index is -0.470. The Hall–Kier alpha value is -2.85. The first-order valence-corrected chi connectivity index (χ1v) is 12.4. The second-order valence-corrected chi connectivity index (χ2v) is 10.1. The number of nitro groups is 1. The molecule has 0 spiro atoms. The molecule has 0 unspecified atom stereocenters. The van der Waals surface area contributed by atoms with Gasteiger partial charge in [0.15, 0.2) is 0 Å². The summed E-state index contributed by atoms with van der Waals surface area (Å²) in [7, 11) is 0. The van der Waals surface area contributed by atoms with Crippen LogP contribution in [0.4, 0.5) is 10.5 Å². The molecule has 0 atom stereocenters. The van der Waals surface area contributed by atoms with Gasteiger partial charge in [-0.25, -0.2) is 0 Å². The Bertz CT molecular complexity index is 1380. The van der Waals surface area contributed by atoms with Gasteiger partial charge in [-0.3, -0.25) is 24.6 Å². The van der Waals surface area contributed by atoms with Crippen LogP contribution in [-0.2, 0) is 17.9 Å². The zero-order valence-electron chi connectivity index (χ0n) is 17.7. The van der Waals surface area contributed by atoms with Crippen LogP contribution < -0.4 is 4.74 Å². The van der Waals surface area contributed by atoms with E-state index in [9.17, 15) is 19.7 Å². The normalized spacial score (nSPS) is 14.6. The van der Waals surface area contributed by atoms with E-state index in [1.807, 2.05) is 0 Å². The van der Waals surface area contributed by atoms with Gasteiger partial charge in [0.05, 0.1) is 26.4 Å². The van der Waals surface area contributed by atoms with E-state index in [2.05, 4.69) is 15.9 Å². The summed E-state index contributed by atoms with van der Waals surface area (Å²) < 4.78 is 6.65. The molecule has 3 aromatic rings. The number of carbonyl (C=O) groups is 2. The largest absolute Gasteiger partial charge is 0.488 e. The summed E-state index contributed by atoms with van der Waals surface area (Å²) in [6.07, 6.45) is 1.59. The van der Waals surface area contributed by atoms with E-state index in [0.717, 1.165) is 21.1 Å². The lowest BCUT2D eigenvalue weighted by atomic mass is 10.1. The van der Waals surface area contributed by atoms with E-state index in [-0.39, 0.29) is 23.7 Å². The summed E-state index contributed by atoms with van der Waals surface area (Å²) in [4.78, 5) is 37.5. The Morgan fingerprint density at radius 1 is 1.03 bits per heavy atom. The number of non-ortho nitro benzene ring substituents is 1. The summed E-state index contributed by atoms with van der Waals surface area (Å²) in [5.41, 5.74) is 1.84. The third kappa shape index (κ3) is 6.05. The van der Waals surface area contributed by atoms with Crippen LogP contribution >= 0.6 is 50.9 Å². The molecule has 35 heavy (non-hydrogen) atoms. The van der Waals surface area contributed by atoms with Gasteiger partial charge in [-0.1, -0.05) is 57.3 Å². The Labute approximate surface area is 222 Å². The lowest BCUT2D eigenvalue weighted by molar-refractivity contribution is -0.384. The molecule has 3 aromatic carbocycles. The van der Waals surface area contributed by atoms with E-state index in [0.29, 0.717) is 32.5 Å². The average Bonchev–Trinajstić information content (AvgIpc) is 3.08. The summed E-state index contributed by atoms with van der Waals surface area (Å²) in [5.74, 6) is 0.0201. The molecule has 0 N–H and O–H groups in total. The maximum Gasteiger partial charge on any atom is 0.293 e. The molecule has 1 aliphatic heterocycles. The van der Waals surface area contributed by atoms with Gasteiger partial charge in [-0.05, 0) is 59.3 Å². The Balaban J connectivity index is 1.55. The molecular weight excluding hydrogens is 579 g/mol. The van der Waals surface area contributed by atoms with Crippen LogP contribution in [-0.4, -0.2) is 21.0 Å². The van der Waals surface area contributed by atoms with E-state index >= 15 is 0 Å². The maximum atomic E-state index is 13.0. The Kier molecular flexibility index (Phi) is 7.81. The van der Waals surface area contributed by atoms with E-state index in [1.54, 1.807) is 54.6 Å². The van der Waals surface area contributed by atoms with Crippen molar-refractivity contribution in [1.82, 2.24) is 4.90 Å². The van der Waals surface area contributed by atoms with Crippen LogP contribution in [0, 0.1) is 10.1 Å². The predicted octanol–water partition coefficient (Wildman–Crippen LogP) is 7.48. The van der Waals surface area contributed by atoms with Crippen molar-refractivity contribution < 1.29 is 19.2 Å². The monoisotopic (exact) mass is 592 g/mol. The van der Waals surface area contributed by atoms with Gasteiger partial charge in [0.25, 0.3) is 16.8 Å². The van der Waals surface area contributed by atoms with Crippen LogP contribution in [0.25, 0.3) is 6.08 Å². The molecule has 0 saturated carbocycles. The van der Waals surface area contributed by atoms with Crippen molar-refractivity contribution in [3.05, 3.63) is 107 Å². The van der Waals surface area contributed by atoms with Crippen molar-refractivity contribution in [1.29, 1.82) is 0 Å². The van der Waals surface area contributed by atoms with Gasteiger partial charge in [-0.15, -0.1) is 0 Å².